The zero-order valence-electron chi connectivity index (χ0n) is 13.0. The molecule has 0 fully saturated rings. The first kappa shape index (κ1) is 14.6. The summed E-state index contributed by atoms with van der Waals surface area (Å²) < 4.78 is 0. The van der Waals surface area contributed by atoms with Crippen LogP contribution >= 0.6 is 0 Å². The molecule has 1 aliphatic rings. The number of anilines is 1. The first-order valence-corrected chi connectivity index (χ1v) is 7.86. The van der Waals surface area contributed by atoms with E-state index in [0.717, 1.165) is 23.2 Å². The summed E-state index contributed by atoms with van der Waals surface area (Å²) in [4.78, 5) is 12.8. The van der Waals surface area contributed by atoms with Crippen molar-refractivity contribution in [2.75, 3.05) is 5.32 Å². The van der Waals surface area contributed by atoms with E-state index in [9.17, 15) is 4.79 Å². The Morgan fingerprint density at radius 2 is 1.82 bits per heavy atom. The van der Waals surface area contributed by atoms with E-state index >= 15 is 0 Å². The minimum absolute atomic E-state index is 0.0195. The van der Waals surface area contributed by atoms with Crippen LogP contribution in [0.3, 0.4) is 0 Å². The van der Waals surface area contributed by atoms with Gasteiger partial charge in [0.15, 0.2) is 0 Å². The molecule has 3 unspecified atom stereocenters. The number of carbonyl (C=O) groups is 1. The Labute approximate surface area is 131 Å². The van der Waals surface area contributed by atoms with Crippen LogP contribution in [-0.2, 0) is 4.79 Å². The van der Waals surface area contributed by atoms with Gasteiger partial charge in [0.05, 0.1) is 12.0 Å². The maximum atomic E-state index is 12.8. The van der Waals surface area contributed by atoms with Crippen molar-refractivity contribution in [2.45, 2.75) is 38.3 Å². The zero-order chi connectivity index (χ0) is 15.5. The van der Waals surface area contributed by atoms with Gasteiger partial charge in [-0.25, -0.2) is 0 Å². The van der Waals surface area contributed by atoms with Crippen molar-refractivity contribution in [1.29, 1.82) is 0 Å². The minimum atomic E-state index is -0.0846. The molecule has 22 heavy (non-hydrogen) atoms. The Kier molecular flexibility index (Phi) is 4.14. The summed E-state index contributed by atoms with van der Waals surface area (Å²) in [5.74, 6) is 0.0239. The highest BCUT2D eigenvalue weighted by atomic mass is 16.1. The number of para-hydroxylation sites is 1. The van der Waals surface area contributed by atoms with Gasteiger partial charge in [-0.05, 0) is 37.5 Å². The lowest BCUT2D eigenvalue weighted by molar-refractivity contribution is -0.123. The Hall–Kier alpha value is -2.29. The number of nitrogens with one attached hydrogen (secondary N) is 2. The van der Waals surface area contributed by atoms with Crippen LogP contribution in [0.4, 0.5) is 5.69 Å². The van der Waals surface area contributed by atoms with E-state index in [0.29, 0.717) is 6.04 Å². The van der Waals surface area contributed by atoms with E-state index < -0.39 is 0 Å². The van der Waals surface area contributed by atoms with Gasteiger partial charge in [0.2, 0.25) is 5.91 Å². The predicted octanol–water partition coefficient (Wildman–Crippen LogP) is 3.85. The number of rotatable bonds is 3. The fourth-order valence-corrected chi connectivity index (χ4v) is 3.12. The van der Waals surface area contributed by atoms with Crippen LogP contribution in [0.1, 0.15) is 43.4 Å². The summed E-state index contributed by atoms with van der Waals surface area (Å²) in [5.41, 5.74) is 3.30. The molecule has 0 saturated heterocycles. The number of carbonyl (C=O) groups excluding carboxylic acids is 1. The molecule has 2 N–H and O–H groups in total. The van der Waals surface area contributed by atoms with E-state index in [-0.39, 0.29) is 17.9 Å². The molecule has 0 radical (unpaired) electrons. The number of benzene rings is 2. The lowest BCUT2D eigenvalue weighted by Gasteiger charge is -2.31. The molecule has 3 heteroatoms. The lowest BCUT2D eigenvalue weighted by Crippen LogP contribution is -2.37. The van der Waals surface area contributed by atoms with E-state index in [1.165, 1.54) is 0 Å². The van der Waals surface area contributed by atoms with Gasteiger partial charge in [-0.1, -0.05) is 48.5 Å². The van der Waals surface area contributed by atoms with Crippen molar-refractivity contribution in [1.82, 2.24) is 5.32 Å². The summed E-state index contributed by atoms with van der Waals surface area (Å²) in [6.07, 6.45) is 0.824. The normalized spacial score (nSPS) is 21.4. The summed E-state index contributed by atoms with van der Waals surface area (Å²) in [6.45, 7) is 4.15. The number of hydrogen-bond acceptors (Lipinski definition) is 2. The maximum Gasteiger partial charge on any atom is 0.228 e. The summed E-state index contributed by atoms with van der Waals surface area (Å²) >= 11 is 0. The largest absolute Gasteiger partial charge is 0.382 e. The lowest BCUT2D eigenvalue weighted by atomic mass is 9.86. The van der Waals surface area contributed by atoms with Gasteiger partial charge in [0.25, 0.3) is 0 Å². The van der Waals surface area contributed by atoms with E-state index in [4.69, 9.17) is 0 Å². The molecule has 2 aromatic carbocycles. The number of fused-ring (bicyclic) bond motifs is 1. The second kappa shape index (κ2) is 6.22. The molecule has 0 aliphatic carbocycles. The average Bonchev–Trinajstić information content (AvgIpc) is 2.54. The van der Waals surface area contributed by atoms with Crippen molar-refractivity contribution < 1.29 is 4.79 Å². The molecule has 114 valence electrons. The SMILES string of the molecule is CC1CC(C(=O)NC(C)c2ccccc2)c2ccccc2N1. The Morgan fingerprint density at radius 3 is 2.59 bits per heavy atom. The second-order valence-corrected chi connectivity index (χ2v) is 6.06. The van der Waals surface area contributed by atoms with Crippen LogP contribution in [0.5, 0.6) is 0 Å². The van der Waals surface area contributed by atoms with Gasteiger partial charge in [-0.3, -0.25) is 4.79 Å². The van der Waals surface area contributed by atoms with Gasteiger partial charge >= 0.3 is 0 Å². The van der Waals surface area contributed by atoms with Crippen LogP contribution < -0.4 is 10.6 Å². The summed E-state index contributed by atoms with van der Waals surface area (Å²) in [5, 5.41) is 6.61. The molecule has 2 aromatic rings. The van der Waals surface area contributed by atoms with Crippen LogP contribution in [0.2, 0.25) is 0 Å². The van der Waals surface area contributed by atoms with Gasteiger partial charge < -0.3 is 10.6 Å². The summed E-state index contributed by atoms with van der Waals surface area (Å²) in [7, 11) is 0. The van der Waals surface area contributed by atoms with Crippen molar-refractivity contribution >= 4 is 11.6 Å². The van der Waals surface area contributed by atoms with Crippen LogP contribution in [0.15, 0.2) is 54.6 Å². The summed E-state index contributed by atoms with van der Waals surface area (Å²) in [6, 6.07) is 18.5. The smallest absolute Gasteiger partial charge is 0.228 e. The quantitative estimate of drug-likeness (QED) is 0.902. The zero-order valence-corrected chi connectivity index (χ0v) is 13.0. The average molecular weight is 294 g/mol. The highest BCUT2D eigenvalue weighted by Gasteiger charge is 2.30. The first-order valence-electron chi connectivity index (χ1n) is 7.86. The topological polar surface area (TPSA) is 41.1 Å². The predicted molar refractivity (Wildman–Crippen MR) is 89.9 cm³/mol. The molecule has 0 bridgehead atoms. The van der Waals surface area contributed by atoms with Crippen molar-refractivity contribution in [2.24, 2.45) is 0 Å². The number of amides is 1. The van der Waals surface area contributed by atoms with Crippen molar-refractivity contribution in [3.63, 3.8) is 0 Å². The monoisotopic (exact) mass is 294 g/mol. The molecule has 1 aliphatic heterocycles. The molecule has 1 amide bonds. The molecule has 3 nitrogen and oxygen atoms in total. The van der Waals surface area contributed by atoms with Gasteiger partial charge in [-0.2, -0.15) is 0 Å². The standard InChI is InChI=1S/C19H22N2O/c1-13-12-17(16-10-6-7-11-18(16)20-13)19(22)21-14(2)15-8-4-3-5-9-15/h3-11,13-14,17,20H,12H2,1-2H3,(H,21,22). The van der Waals surface area contributed by atoms with Crippen molar-refractivity contribution in [3.05, 3.63) is 65.7 Å². The van der Waals surface area contributed by atoms with E-state index in [2.05, 4.69) is 17.6 Å². The van der Waals surface area contributed by atoms with E-state index in [1.807, 2.05) is 61.5 Å². The Balaban J connectivity index is 1.78. The second-order valence-electron chi connectivity index (χ2n) is 6.06. The minimum Gasteiger partial charge on any atom is -0.382 e. The van der Waals surface area contributed by atoms with Gasteiger partial charge in [0, 0.05) is 11.7 Å². The molecular weight excluding hydrogens is 272 g/mol. The fraction of sp³-hybridized carbons (Fsp3) is 0.316. The Morgan fingerprint density at radius 1 is 1.14 bits per heavy atom. The third kappa shape index (κ3) is 2.98. The molecule has 0 spiro atoms. The molecule has 0 saturated carbocycles. The van der Waals surface area contributed by atoms with Crippen LogP contribution in [0, 0.1) is 0 Å². The number of hydrogen-bond donors (Lipinski definition) is 2. The molecule has 0 aromatic heterocycles. The molecule has 3 rings (SSSR count). The fourth-order valence-electron chi connectivity index (χ4n) is 3.12. The highest BCUT2D eigenvalue weighted by Crippen LogP contribution is 2.34. The molecule has 3 atom stereocenters. The van der Waals surface area contributed by atoms with Gasteiger partial charge in [0.1, 0.15) is 0 Å². The van der Waals surface area contributed by atoms with E-state index in [1.54, 1.807) is 0 Å². The first-order chi connectivity index (χ1) is 10.6. The van der Waals surface area contributed by atoms with Crippen LogP contribution in [-0.4, -0.2) is 11.9 Å². The van der Waals surface area contributed by atoms with Gasteiger partial charge in [-0.15, -0.1) is 0 Å². The maximum absolute atomic E-state index is 12.8. The highest BCUT2D eigenvalue weighted by molar-refractivity contribution is 5.86. The van der Waals surface area contributed by atoms with Crippen molar-refractivity contribution in [3.8, 4) is 0 Å². The van der Waals surface area contributed by atoms with Crippen LogP contribution in [0.25, 0.3) is 0 Å². The Bertz CT molecular complexity index is 653. The molecule has 1 heterocycles. The third-order valence-corrected chi connectivity index (χ3v) is 4.30. The third-order valence-electron chi connectivity index (χ3n) is 4.30. The molecular formula is C19H22N2O.